The zero-order chi connectivity index (χ0) is 14.2. The zero-order valence-corrected chi connectivity index (χ0v) is 14.6. The summed E-state index contributed by atoms with van der Waals surface area (Å²) in [6, 6.07) is 18.3. The molecule has 0 spiro atoms. The highest BCUT2D eigenvalue weighted by Gasteiger charge is 2.35. The van der Waals surface area contributed by atoms with Crippen LogP contribution in [-0.2, 0) is 0 Å². The molecular formula is C19H22BrNO. The lowest BCUT2D eigenvalue weighted by Gasteiger charge is -2.37. The van der Waals surface area contributed by atoms with Crippen LogP contribution in [0.1, 0.15) is 41.5 Å². The summed E-state index contributed by atoms with van der Waals surface area (Å²) < 4.78 is 5.28. The molecule has 2 heterocycles. The molecule has 2 nitrogen and oxygen atoms in total. The van der Waals surface area contributed by atoms with E-state index in [2.05, 4.69) is 53.4 Å². The van der Waals surface area contributed by atoms with Gasteiger partial charge >= 0.3 is 0 Å². The van der Waals surface area contributed by atoms with Crippen LogP contribution < -0.4 is 4.74 Å². The van der Waals surface area contributed by atoms with Gasteiger partial charge in [0.25, 0.3) is 0 Å². The van der Waals surface area contributed by atoms with E-state index in [4.69, 9.17) is 4.74 Å². The molecule has 4 rings (SSSR count). The van der Waals surface area contributed by atoms with Gasteiger partial charge in [0.1, 0.15) is 5.75 Å². The minimum atomic E-state index is 0. The number of halogens is 1. The summed E-state index contributed by atoms with van der Waals surface area (Å²) in [7, 11) is 1.72. The van der Waals surface area contributed by atoms with E-state index in [1.807, 2.05) is 0 Å². The van der Waals surface area contributed by atoms with Crippen molar-refractivity contribution in [2.45, 2.75) is 24.8 Å². The third-order valence-corrected chi connectivity index (χ3v) is 5.03. The van der Waals surface area contributed by atoms with Crippen LogP contribution >= 0.6 is 17.0 Å². The lowest BCUT2D eigenvalue weighted by Crippen LogP contribution is -2.34. The first-order valence-corrected chi connectivity index (χ1v) is 7.83. The van der Waals surface area contributed by atoms with E-state index in [-0.39, 0.29) is 17.0 Å². The predicted octanol–water partition coefficient (Wildman–Crippen LogP) is 4.56. The second-order valence-corrected chi connectivity index (χ2v) is 6.11. The monoisotopic (exact) mass is 359 g/mol. The zero-order valence-electron chi connectivity index (χ0n) is 12.9. The van der Waals surface area contributed by atoms with Crippen molar-refractivity contribution in [3.8, 4) is 5.75 Å². The van der Waals surface area contributed by atoms with Crippen LogP contribution in [-0.4, -0.2) is 25.1 Å². The van der Waals surface area contributed by atoms with Gasteiger partial charge in [0.15, 0.2) is 0 Å². The highest BCUT2D eigenvalue weighted by Crippen LogP contribution is 2.44. The molecule has 0 aliphatic carbocycles. The SMILES string of the molecule is Br.COc1ccc([C@@H]2CN3CCC[C@@H]3c3ccccc32)cc1. The van der Waals surface area contributed by atoms with Gasteiger partial charge in [-0.25, -0.2) is 0 Å². The maximum absolute atomic E-state index is 5.28. The predicted molar refractivity (Wildman–Crippen MR) is 95.1 cm³/mol. The molecule has 22 heavy (non-hydrogen) atoms. The minimum absolute atomic E-state index is 0. The third-order valence-electron chi connectivity index (χ3n) is 5.03. The second kappa shape index (κ2) is 6.43. The molecule has 0 radical (unpaired) electrons. The van der Waals surface area contributed by atoms with Gasteiger partial charge in [-0.1, -0.05) is 36.4 Å². The number of hydrogen-bond acceptors (Lipinski definition) is 2. The second-order valence-electron chi connectivity index (χ2n) is 6.11. The molecule has 1 fully saturated rings. The van der Waals surface area contributed by atoms with Crippen LogP contribution in [0.25, 0.3) is 0 Å². The minimum Gasteiger partial charge on any atom is -0.497 e. The molecule has 0 amide bonds. The molecule has 0 aromatic heterocycles. The fraction of sp³-hybridized carbons (Fsp3) is 0.368. The van der Waals surface area contributed by atoms with Crippen LogP contribution in [0.4, 0.5) is 0 Å². The Morgan fingerprint density at radius 2 is 1.73 bits per heavy atom. The van der Waals surface area contributed by atoms with Crippen molar-refractivity contribution in [3.05, 3.63) is 65.2 Å². The summed E-state index contributed by atoms with van der Waals surface area (Å²) in [5.41, 5.74) is 4.46. The quantitative estimate of drug-likeness (QED) is 0.779. The average molecular weight is 360 g/mol. The number of nitrogens with zero attached hydrogens (tertiary/aromatic N) is 1. The van der Waals surface area contributed by atoms with Gasteiger partial charge in [-0.3, -0.25) is 4.90 Å². The number of hydrogen-bond donors (Lipinski definition) is 0. The molecular weight excluding hydrogens is 338 g/mol. The fourth-order valence-electron chi connectivity index (χ4n) is 3.98. The normalized spacial score (nSPS) is 23.3. The van der Waals surface area contributed by atoms with Crippen molar-refractivity contribution in [1.29, 1.82) is 0 Å². The smallest absolute Gasteiger partial charge is 0.118 e. The van der Waals surface area contributed by atoms with E-state index in [0.717, 1.165) is 12.3 Å². The fourth-order valence-corrected chi connectivity index (χ4v) is 3.98. The molecule has 0 N–H and O–H groups in total. The first kappa shape index (κ1) is 15.6. The van der Waals surface area contributed by atoms with Crippen LogP contribution in [0.2, 0.25) is 0 Å². The summed E-state index contributed by atoms with van der Waals surface area (Å²) >= 11 is 0. The standard InChI is InChI=1S/C19H21NO.BrH/c1-21-15-10-8-14(9-11-15)18-13-20-12-4-7-19(20)17-6-3-2-5-16(17)18;/h2-3,5-6,8-11,18-19H,4,7,12-13H2,1H3;1H/t18-,19+;/m0./s1. The highest BCUT2D eigenvalue weighted by molar-refractivity contribution is 8.93. The Hall–Kier alpha value is -1.32. The van der Waals surface area contributed by atoms with Crippen molar-refractivity contribution in [1.82, 2.24) is 4.90 Å². The van der Waals surface area contributed by atoms with Gasteiger partial charge < -0.3 is 4.74 Å². The van der Waals surface area contributed by atoms with E-state index in [9.17, 15) is 0 Å². The van der Waals surface area contributed by atoms with E-state index >= 15 is 0 Å². The topological polar surface area (TPSA) is 12.5 Å². The number of fused-ring (bicyclic) bond motifs is 3. The van der Waals surface area contributed by atoms with E-state index in [0.29, 0.717) is 12.0 Å². The van der Waals surface area contributed by atoms with Crippen molar-refractivity contribution < 1.29 is 4.74 Å². The summed E-state index contributed by atoms with van der Waals surface area (Å²) in [4.78, 5) is 2.66. The van der Waals surface area contributed by atoms with Gasteiger partial charge in [-0.2, -0.15) is 0 Å². The van der Waals surface area contributed by atoms with Gasteiger partial charge in [-0.05, 0) is 48.2 Å². The van der Waals surface area contributed by atoms with Gasteiger partial charge in [-0.15, -0.1) is 17.0 Å². The molecule has 3 heteroatoms. The van der Waals surface area contributed by atoms with Crippen LogP contribution in [0.5, 0.6) is 5.75 Å². The first-order chi connectivity index (χ1) is 10.4. The Morgan fingerprint density at radius 3 is 2.45 bits per heavy atom. The van der Waals surface area contributed by atoms with E-state index in [1.54, 1.807) is 12.7 Å². The van der Waals surface area contributed by atoms with Crippen molar-refractivity contribution in [2.75, 3.05) is 20.2 Å². The molecule has 1 saturated heterocycles. The molecule has 2 atom stereocenters. The maximum atomic E-state index is 5.28. The molecule has 2 aliphatic rings. The largest absolute Gasteiger partial charge is 0.497 e. The molecule has 0 saturated carbocycles. The molecule has 0 unspecified atom stereocenters. The van der Waals surface area contributed by atoms with E-state index in [1.165, 1.54) is 30.5 Å². The van der Waals surface area contributed by atoms with Crippen molar-refractivity contribution >= 4 is 17.0 Å². The molecule has 2 aromatic carbocycles. The Balaban J connectivity index is 0.00000144. The molecule has 116 valence electrons. The maximum Gasteiger partial charge on any atom is 0.118 e. The Morgan fingerprint density at radius 1 is 1.00 bits per heavy atom. The van der Waals surface area contributed by atoms with Gasteiger partial charge in [0, 0.05) is 18.5 Å². The molecule has 2 aromatic rings. The number of rotatable bonds is 2. The van der Waals surface area contributed by atoms with Crippen molar-refractivity contribution in [3.63, 3.8) is 0 Å². The molecule has 0 bridgehead atoms. The first-order valence-electron chi connectivity index (χ1n) is 7.83. The number of benzene rings is 2. The Bertz CT molecular complexity index is 640. The lowest BCUT2D eigenvalue weighted by molar-refractivity contribution is 0.230. The van der Waals surface area contributed by atoms with Gasteiger partial charge in [0.05, 0.1) is 7.11 Å². The third kappa shape index (κ3) is 2.57. The van der Waals surface area contributed by atoms with Crippen LogP contribution in [0.15, 0.2) is 48.5 Å². The summed E-state index contributed by atoms with van der Waals surface area (Å²) in [5.74, 6) is 1.42. The van der Waals surface area contributed by atoms with E-state index < -0.39 is 0 Å². The highest BCUT2D eigenvalue weighted by atomic mass is 79.9. The van der Waals surface area contributed by atoms with Crippen LogP contribution in [0, 0.1) is 0 Å². The van der Waals surface area contributed by atoms with Crippen LogP contribution in [0.3, 0.4) is 0 Å². The Kier molecular flexibility index (Phi) is 4.55. The number of ether oxygens (including phenoxy) is 1. The van der Waals surface area contributed by atoms with Crippen molar-refractivity contribution in [2.24, 2.45) is 0 Å². The average Bonchev–Trinajstić information content (AvgIpc) is 3.03. The lowest BCUT2D eigenvalue weighted by atomic mass is 9.82. The van der Waals surface area contributed by atoms with Gasteiger partial charge in [0.2, 0.25) is 0 Å². The Labute approximate surface area is 142 Å². The number of methoxy groups -OCH3 is 1. The summed E-state index contributed by atoms with van der Waals surface area (Å²) in [6.07, 6.45) is 2.64. The summed E-state index contributed by atoms with van der Waals surface area (Å²) in [5, 5.41) is 0. The molecule has 2 aliphatic heterocycles. The summed E-state index contributed by atoms with van der Waals surface area (Å²) in [6.45, 7) is 2.39.